The van der Waals surface area contributed by atoms with E-state index in [4.69, 9.17) is 4.42 Å². The van der Waals surface area contributed by atoms with Crippen LogP contribution in [0.4, 0.5) is 0 Å². The van der Waals surface area contributed by atoms with Crippen LogP contribution in [0.3, 0.4) is 0 Å². The molecule has 0 saturated carbocycles. The standard InChI is InChI=1S/C9H9BrN2O/c1-7-4-5-11-12(7)6-8-2-3-9(10)13-8/h2-5H,6H2,1H3. The molecule has 2 aromatic heterocycles. The zero-order valence-electron chi connectivity index (χ0n) is 7.20. The van der Waals surface area contributed by atoms with Crippen molar-refractivity contribution < 1.29 is 4.42 Å². The minimum absolute atomic E-state index is 0.685. The summed E-state index contributed by atoms with van der Waals surface area (Å²) in [5.41, 5.74) is 1.13. The van der Waals surface area contributed by atoms with Gasteiger partial charge in [0.2, 0.25) is 0 Å². The van der Waals surface area contributed by atoms with Crippen molar-refractivity contribution in [3.8, 4) is 0 Å². The van der Waals surface area contributed by atoms with Crippen LogP contribution < -0.4 is 0 Å². The lowest BCUT2D eigenvalue weighted by Crippen LogP contribution is -2.02. The van der Waals surface area contributed by atoms with Crippen molar-refractivity contribution in [1.29, 1.82) is 0 Å². The lowest BCUT2D eigenvalue weighted by molar-refractivity contribution is 0.459. The highest BCUT2D eigenvalue weighted by Gasteiger charge is 2.02. The Morgan fingerprint density at radius 3 is 2.85 bits per heavy atom. The van der Waals surface area contributed by atoms with Crippen molar-refractivity contribution >= 4 is 15.9 Å². The summed E-state index contributed by atoms with van der Waals surface area (Å²) in [7, 11) is 0. The van der Waals surface area contributed by atoms with Crippen molar-refractivity contribution in [2.24, 2.45) is 0 Å². The van der Waals surface area contributed by atoms with Gasteiger partial charge in [-0.25, -0.2) is 0 Å². The van der Waals surface area contributed by atoms with E-state index in [0.29, 0.717) is 6.54 Å². The third-order valence-corrected chi connectivity index (χ3v) is 2.29. The van der Waals surface area contributed by atoms with E-state index in [1.165, 1.54) is 0 Å². The van der Waals surface area contributed by atoms with Crippen LogP contribution >= 0.6 is 15.9 Å². The van der Waals surface area contributed by atoms with Gasteiger partial charge < -0.3 is 4.42 Å². The van der Waals surface area contributed by atoms with Gasteiger partial charge in [0.15, 0.2) is 4.67 Å². The SMILES string of the molecule is Cc1ccnn1Cc1ccc(Br)o1. The molecule has 0 aromatic carbocycles. The number of nitrogens with zero attached hydrogens (tertiary/aromatic N) is 2. The predicted molar refractivity (Wildman–Crippen MR) is 52.5 cm³/mol. The molecular weight excluding hydrogens is 232 g/mol. The zero-order valence-corrected chi connectivity index (χ0v) is 8.78. The van der Waals surface area contributed by atoms with E-state index in [-0.39, 0.29) is 0 Å². The van der Waals surface area contributed by atoms with Gasteiger partial charge in [-0.15, -0.1) is 0 Å². The van der Waals surface area contributed by atoms with Gasteiger partial charge in [-0.2, -0.15) is 5.10 Å². The maximum absolute atomic E-state index is 5.37. The van der Waals surface area contributed by atoms with Gasteiger partial charge in [-0.05, 0) is 41.1 Å². The topological polar surface area (TPSA) is 31.0 Å². The van der Waals surface area contributed by atoms with Crippen molar-refractivity contribution in [3.63, 3.8) is 0 Å². The minimum Gasteiger partial charge on any atom is -0.452 e. The summed E-state index contributed by atoms with van der Waals surface area (Å²) in [5, 5.41) is 4.16. The van der Waals surface area contributed by atoms with Crippen molar-refractivity contribution in [3.05, 3.63) is 40.5 Å². The van der Waals surface area contributed by atoms with Crippen LogP contribution in [0.25, 0.3) is 0 Å². The van der Waals surface area contributed by atoms with E-state index < -0.39 is 0 Å². The molecule has 2 heterocycles. The van der Waals surface area contributed by atoms with E-state index in [0.717, 1.165) is 16.1 Å². The molecule has 13 heavy (non-hydrogen) atoms. The van der Waals surface area contributed by atoms with Crippen molar-refractivity contribution in [1.82, 2.24) is 9.78 Å². The van der Waals surface area contributed by atoms with Crippen LogP contribution in [0.2, 0.25) is 0 Å². The Bertz CT molecular complexity index is 405. The maximum atomic E-state index is 5.37. The van der Waals surface area contributed by atoms with Crippen LogP contribution in [0.15, 0.2) is 33.5 Å². The molecule has 0 aliphatic rings. The molecule has 0 amide bonds. The van der Waals surface area contributed by atoms with Crippen molar-refractivity contribution in [2.45, 2.75) is 13.5 Å². The van der Waals surface area contributed by atoms with E-state index >= 15 is 0 Å². The lowest BCUT2D eigenvalue weighted by Gasteiger charge is -2.00. The number of aromatic nitrogens is 2. The number of hydrogen-bond donors (Lipinski definition) is 0. The van der Waals surface area contributed by atoms with Gasteiger partial charge in [-0.3, -0.25) is 4.68 Å². The molecule has 0 saturated heterocycles. The van der Waals surface area contributed by atoms with Gasteiger partial charge >= 0.3 is 0 Å². The van der Waals surface area contributed by atoms with Crippen molar-refractivity contribution in [2.75, 3.05) is 0 Å². The smallest absolute Gasteiger partial charge is 0.169 e. The first-order chi connectivity index (χ1) is 6.25. The van der Waals surface area contributed by atoms with Crippen LogP contribution in [-0.4, -0.2) is 9.78 Å². The fraction of sp³-hybridized carbons (Fsp3) is 0.222. The second-order valence-corrected chi connectivity index (χ2v) is 3.62. The Balaban J connectivity index is 2.19. The molecule has 0 radical (unpaired) electrons. The van der Waals surface area contributed by atoms with Crippen LogP contribution in [0, 0.1) is 6.92 Å². The fourth-order valence-electron chi connectivity index (χ4n) is 1.15. The van der Waals surface area contributed by atoms with Gasteiger partial charge in [0, 0.05) is 11.9 Å². The van der Waals surface area contributed by atoms with Gasteiger partial charge in [0.1, 0.15) is 5.76 Å². The third-order valence-electron chi connectivity index (χ3n) is 1.86. The quantitative estimate of drug-likeness (QED) is 0.809. The lowest BCUT2D eigenvalue weighted by atomic mass is 10.4. The summed E-state index contributed by atoms with van der Waals surface area (Å²) in [4.78, 5) is 0. The fourth-order valence-corrected chi connectivity index (χ4v) is 1.49. The van der Waals surface area contributed by atoms with Gasteiger partial charge in [-0.1, -0.05) is 0 Å². The summed E-state index contributed by atoms with van der Waals surface area (Å²) >= 11 is 3.26. The average molecular weight is 241 g/mol. The molecule has 4 heteroatoms. The molecular formula is C9H9BrN2O. The monoisotopic (exact) mass is 240 g/mol. The molecule has 2 aromatic rings. The molecule has 0 spiro atoms. The van der Waals surface area contributed by atoms with Crippen LogP contribution in [0.5, 0.6) is 0 Å². The molecule has 3 nitrogen and oxygen atoms in total. The molecule has 68 valence electrons. The molecule has 0 fully saturated rings. The Hall–Kier alpha value is -1.03. The van der Waals surface area contributed by atoms with E-state index in [9.17, 15) is 0 Å². The number of halogens is 1. The Morgan fingerprint density at radius 1 is 1.46 bits per heavy atom. The number of hydrogen-bond acceptors (Lipinski definition) is 2. The average Bonchev–Trinajstić information content (AvgIpc) is 2.64. The second-order valence-electron chi connectivity index (χ2n) is 2.84. The van der Waals surface area contributed by atoms with E-state index in [1.807, 2.05) is 29.8 Å². The highest BCUT2D eigenvalue weighted by atomic mass is 79.9. The third kappa shape index (κ3) is 1.83. The minimum atomic E-state index is 0.685. The van der Waals surface area contributed by atoms with Crippen LogP contribution in [0.1, 0.15) is 11.5 Å². The van der Waals surface area contributed by atoms with Gasteiger partial charge in [0.25, 0.3) is 0 Å². The molecule has 2 rings (SSSR count). The molecule has 0 aliphatic heterocycles. The Labute approximate surface area is 84.5 Å². The summed E-state index contributed by atoms with van der Waals surface area (Å²) in [6, 6.07) is 5.79. The Morgan fingerprint density at radius 2 is 2.31 bits per heavy atom. The van der Waals surface area contributed by atoms with Gasteiger partial charge in [0.05, 0.1) is 6.54 Å². The Kier molecular flexibility index (Phi) is 2.22. The summed E-state index contributed by atoms with van der Waals surface area (Å²) < 4.78 is 8.02. The van der Waals surface area contributed by atoms with E-state index in [1.54, 1.807) is 6.20 Å². The molecule has 0 N–H and O–H groups in total. The molecule has 0 atom stereocenters. The number of furan rings is 1. The highest BCUT2D eigenvalue weighted by molar-refractivity contribution is 9.10. The first-order valence-corrected chi connectivity index (χ1v) is 4.77. The van der Waals surface area contributed by atoms with E-state index in [2.05, 4.69) is 21.0 Å². The maximum Gasteiger partial charge on any atom is 0.169 e. The highest BCUT2D eigenvalue weighted by Crippen LogP contribution is 2.15. The molecule has 0 bridgehead atoms. The first kappa shape index (κ1) is 8.56. The number of aryl methyl sites for hydroxylation is 1. The summed E-state index contributed by atoms with van der Waals surface area (Å²) in [6.45, 7) is 2.70. The summed E-state index contributed by atoms with van der Waals surface area (Å²) in [6.07, 6.45) is 1.79. The summed E-state index contributed by atoms with van der Waals surface area (Å²) in [5.74, 6) is 0.902. The normalized spacial score (nSPS) is 10.6. The first-order valence-electron chi connectivity index (χ1n) is 3.98. The largest absolute Gasteiger partial charge is 0.452 e. The molecule has 0 aliphatic carbocycles. The molecule has 0 unspecified atom stereocenters. The number of rotatable bonds is 2. The second kappa shape index (κ2) is 3.38. The predicted octanol–water partition coefficient (Wildman–Crippen LogP) is 2.60. The van der Waals surface area contributed by atoms with Crippen LogP contribution in [-0.2, 0) is 6.54 Å². The zero-order chi connectivity index (χ0) is 9.26.